The average molecular weight is 326 g/mol. The van der Waals surface area contributed by atoms with Crippen molar-refractivity contribution < 1.29 is 14.3 Å². The summed E-state index contributed by atoms with van der Waals surface area (Å²) in [4.78, 5) is 27.1. The highest BCUT2D eigenvalue weighted by atomic mass is 35.5. The molecule has 0 spiro atoms. The van der Waals surface area contributed by atoms with Crippen LogP contribution < -0.4 is 5.32 Å². The Morgan fingerprint density at radius 3 is 2.55 bits per heavy atom. The van der Waals surface area contributed by atoms with E-state index in [0.717, 1.165) is 5.69 Å². The molecule has 0 unspecified atom stereocenters. The summed E-state index contributed by atoms with van der Waals surface area (Å²) in [5.74, 6) is 0.00323. The molecule has 0 atom stereocenters. The zero-order chi connectivity index (χ0) is 15.9. The van der Waals surface area contributed by atoms with E-state index in [1.165, 1.54) is 0 Å². The molecule has 120 valence electrons. The smallest absolute Gasteiger partial charge is 0.409 e. The molecule has 1 fully saturated rings. The lowest BCUT2D eigenvalue weighted by molar-refractivity contribution is -0.130. The van der Waals surface area contributed by atoms with Gasteiger partial charge in [0.05, 0.1) is 13.2 Å². The minimum Gasteiger partial charge on any atom is -0.450 e. The number of hydrogen-bond donors (Lipinski definition) is 1. The van der Waals surface area contributed by atoms with E-state index in [-0.39, 0.29) is 18.5 Å². The molecule has 1 aromatic carbocycles. The maximum atomic E-state index is 12.2. The first-order valence-corrected chi connectivity index (χ1v) is 7.67. The third-order valence-electron chi connectivity index (χ3n) is 3.43. The Kier molecular flexibility index (Phi) is 5.89. The third-order valence-corrected chi connectivity index (χ3v) is 3.66. The van der Waals surface area contributed by atoms with Gasteiger partial charge in [0.25, 0.3) is 0 Å². The van der Waals surface area contributed by atoms with E-state index < -0.39 is 0 Å². The zero-order valence-electron chi connectivity index (χ0n) is 12.5. The van der Waals surface area contributed by atoms with Crippen LogP contribution in [0, 0.1) is 0 Å². The first kappa shape index (κ1) is 16.4. The molecule has 1 N–H and O–H groups in total. The summed E-state index contributed by atoms with van der Waals surface area (Å²) in [7, 11) is 0. The van der Waals surface area contributed by atoms with Crippen molar-refractivity contribution in [1.82, 2.24) is 9.80 Å². The quantitative estimate of drug-likeness (QED) is 0.920. The van der Waals surface area contributed by atoms with Crippen LogP contribution in [-0.4, -0.2) is 61.1 Å². The second kappa shape index (κ2) is 7.89. The molecule has 2 rings (SSSR count). The Morgan fingerprint density at radius 1 is 1.23 bits per heavy atom. The van der Waals surface area contributed by atoms with Gasteiger partial charge < -0.3 is 19.9 Å². The maximum absolute atomic E-state index is 12.2. The Morgan fingerprint density at radius 2 is 1.91 bits per heavy atom. The predicted octanol–water partition coefficient (Wildman–Crippen LogP) is 2.05. The second-order valence-corrected chi connectivity index (χ2v) is 5.37. The van der Waals surface area contributed by atoms with Crippen LogP contribution in [0.5, 0.6) is 0 Å². The Bertz CT molecular complexity index is 531. The van der Waals surface area contributed by atoms with Crippen molar-refractivity contribution in [3.8, 4) is 0 Å². The number of carbonyl (C=O) groups excluding carboxylic acids is 2. The molecule has 0 aliphatic carbocycles. The van der Waals surface area contributed by atoms with Crippen molar-refractivity contribution in [2.75, 3.05) is 44.6 Å². The molecule has 6 nitrogen and oxygen atoms in total. The van der Waals surface area contributed by atoms with Gasteiger partial charge in [-0.15, -0.1) is 0 Å². The monoisotopic (exact) mass is 325 g/mol. The zero-order valence-corrected chi connectivity index (χ0v) is 13.3. The number of hydrogen-bond acceptors (Lipinski definition) is 4. The molecule has 1 aliphatic heterocycles. The van der Waals surface area contributed by atoms with Crippen LogP contribution in [-0.2, 0) is 9.53 Å². The largest absolute Gasteiger partial charge is 0.450 e. The fourth-order valence-electron chi connectivity index (χ4n) is 2.24. The van der Waals surface area contributed by atoms with E-state index in [0.29, 0.717) is 37.8 Å². The van der Waals surface area contributed by atoms with E-state index >= 15 is 0 Å². The average Bonchev–Trinajstić information content (AvgIpc) is 2.53. The number of ether oxygens (including phenoxy) is 1. The second-order valence-electron chi connectivity index (χ2n) is 4.93. The van der Waals surface area contributed by atoms with Crippen molar-refractivity contribution in [2.45, 2.75) is 6.92 Å². The predicted molar refractivity (Wildman–Crippen MR) is 85.1 cm³/mol. The van der Waals surface area contributed by atoms with Gasteiger partial charge in [0.1, 0.15) is 0 Å². The van der Waals surface area contributed by atoms with Crippen LogP contribution in [0.3, 0.4) is 0 Å². The van der Waals surface area contributed by atoms with Gasteiger partial charge in [-0.3, -0.25) is 4.79 Å². The first-order valence-electron chi connectivity index (χ1n) is 7.29. The van der Waals surface area contributed by atoms with Gasteiger partial charge in [0.2, 0.25) is 5.91 Å². The van der Waals surface area contributed by atoms with E-state index in [1.807, 2.05) is 12.1 Å². The number of amides is 2. The lowest BCUT2D eigenvalue weighted by Gasteiger charge is -2.34. The van der Waals surface area contributed by atoms with Gasteiger partial charge in [-0.2, -0.15) is 0 Å². The number of piperazine rings is 1. The SMILES string of the molecule is CCOC(=O)N1CCN(C(=O)CNc2cccc(Cl)c2)CC1. The summed E-state index contributed by atoms with van der Waals surface area (Å²) in [5.41, 5.74) is 0.811. The lowest BCUT2D eigenvalue weighted by Crippen LogP contribution is -2.51. The topological polar surface area (TPSA) is 61.9 Å². The van der Waals surface area contributed by atoms with Gasteiger partial charge in [0, 0.05) is 36.9 Å². The highest BCUT2D eigenvalue weighted by molar-refractivity contribution is 6.30. The van der Waals surface area contributed by atoms with Crippen LogP contribution >= 0.6 is 11.6 Å². The molecular formula is C15H20ClN3O3. The maximum Gasteiger partial charge on any atom is 0.409 e. The third kappa shape index (κ3) is 4.53. The number of rotatable bonds is 4. The van der Waals surface area contributed by atoms with Crippen LogP contribution in [0.2, 0.25) is 5.02 Å². The number of benzene rings is 1. The van der Waals surface area contributed by atoms with E-state index in [4.69, 9.17) is 16.3 Å². The Hall–Kier alpha value is -1.95. The number of nitrogens with one attached hydrogen (secondary N) is 1. The summed E-state index contributed by atoms with van der Waals surface area (Å²) in [6.07, 6.45) is -0.313. The van der Waals surface area contributed by atoms with E-state index in [9.17, 15) is 9.59 Å². The molecule has 0 saturated carbocycles. The van der Waals surface area contributed by atoms with E-state index in [2.05, 4.69) is 5.32 Å². The van der Waals surface area contributed by atoms with Crippen molar-refractivity contribution in [2.24, 2.45) is 0 Å². The van der Waals surface area contributed by atoms with Crippen LogP contribution in [0.4, 0.5) is 10.5 Å². The molecule has 1 aromatic rings. The summed E-state index contributed by atoms with van der Waals surface area (Å²) in [6.45, 7) is 4.40. The van der Waals surface area contributed by atoms with Gasteiger partial charge in [-0.25, -0.2) is 4.79 Å². The summed E-state index contributed by atoms with van der Waals surface area (Å²) >= 11 is 5.90. The van der Waals surface area contributed by atoms with Crippen LogP contribution in [0.25, 0.3) is 0 Å². The lowest BCUT2D eigenvalue weighted by atomic mass is 10.3. The molecule has 22 heavy (non-hydrogen) atoms. The minimum absolute atomic E-state index is 0.00323. The molecule has 0 aromatic heterocycles. The Labute approximate surface area is 135 Å². The molecular weight excluding hydrogens is 306 g/mol. The molecule has 1 saturated heterocycles. The highest BCUT2D eigenvalue weighted by Crippen LogP contribution is 2.14. The molecule has 1 aliphatic rings. The first-order chi connectivity index (χ1) is 10.6. The highest BCUT2D eigenvalue weighted by Gasteiger charge is 2.24. The molecule has 0 bridgehead atoms. The van der Waals surface area contributed by atoms with E-state index in [1.54, 1.807) is 28.9 Å². The fraction of sp³-hybridized carbons (Fsp3) is 0.467. The van der Waals surface area contributed by atoms with Gasteiger partial charge in [-0.05, 0) is 25.1 Å². The normalized spacial score (nSPS) is 14.6. The number of carbonyl (C=O) groups is 2. The molecule has 1 heterocycles. The standard InChI is InChI=1S/C15H20ClN3O3/c1-2-22-15(21)19-8-6-18(7-9-19)14(20)11-17-13-5-3-4-12(16)10-13/h3-5,10,17H,2,6-9,11H2,1H3. The molecule has 7 heteroatoms. The fourth-order valence-corrected chi connectivity index (χ4v) is 2.43. The van der Waals surface area contributed by atoms with Crippen LogP contribution in [0.1, 0.15) is 6.92 Å². The van der Waals surface area contributed by atoms with Crippen molar-refractivity contribution in [1.29, 1.82) is 0 Å². The Balaban J connectivity index is 1.76. The van der Waals surface area contributed by atoms with Crippen molar-refractivity contribution >= 4 is 29.3 Å². The molecule has 2 amide bonds. The minimum atomic E-state index is -0.313. The van der Waals surface area contributed by atoms with Gasteiger partial charge >= 0.3 is 6.09 Å². The number of halogens is 1. The van der Waals surface area contributed by atoms with Crippen LogP contribution in [0.15, 0.2) is 24.3 Å². The van der Waals surface area contributed by atoms with Gasteiger partial charge in [0.15, 0.2) is 0 Å². The van der Waals surface area contributed by atoms with Crippen molar-refractivity contribution in [3.63, 3.8) is 0 Å². The summed E-state index contributed by atoms with van der Waals surface area (Å²) in [5, 5.41) is 3.68. The number of nitrogens with zero attached hydrogens (tertiary/aromatic N) is 2. The van der Waals surface area contributed by atoms with Gasteiger partial charge in [-0.1, -0.05) is 17.7 Å². The van der Waals surface area contributed by atoms with Crippen molar-refractivity contribution in [3.05, 3.63) is 29.3 Å². The number of anilines is 1. The summed E-state index contributed by atoms with van der Waals surface area (Å²) in [6, 6.07) is 7.24. The molecule has 0 radical (unpaired) electrons. The summed E-state index contributed by atoms with van der Waals surface area (Å²) < 4.78 is 4.95.